The molecule has 1 aromatic carbocycles. The van der Waals surface area contributed by atoms with Gasteiger partial charge in [-0.3, -0.25) is 0 Å². The van der Waals surface area contributed by atoms with Crippen LogP contribution in [0.15, 0.2) is 22.7 Å². The van der Waals surface area contributed by atoms with E-state index in [4.69, 9.17) is 17.3 Å². The van der Waals surface area contributed by atoms with Gasteiger partial charge in [0.05, 0.1) is 9.50 Å². The van der Waals surface area contributed by atoms with Crippen molar-refractivity contribution in [2.75, 3.05) is 6.54 Å². The maximum Gasteiger partial charge on any atom is 0.155 e. The van der Waals surface area contributed by atoms with Crippen molar-refractivity contribution < 1.29 is 4.39 Å². The molecule has 2 N–H and O–H groups in total. The predicted octanol–water partition coefficient (Wildman–Crippen LogP) is 3.21. The molecule has 0 aromatic heterocycles. The highest BCUT2D eigenvalue weighted by Crippen LogP contribution is 2.25. The van der Waals surface area contributed by atoms with Crippen LogP contribution in [0.1, 0.15) is 5.56 Å². The summed E-state index contributed by atoms with van der Waals surface area (Å²) in [6, 6.07) is 3.20. The van der Waals surface area contributed by atoms with Crippen LogP contribution in [-0.4, -0.2) is 6.54 Å². The molecule has 0 heterocycles. The summed E-state index contributed by atoms with van der Waals surface area (Å²) in [7, 11) is 0. The van der Waals surface area contributed by atoms with Crippen LogP contribution in [0.5, 0.6) is 0 Å². The summed E-state index contributed by atoms with van der Waals surface area (Å²) in [6.07, 6.45) is 3.56. The summed E-state index contributed by atoms with van der Waals surface area (Å²) >= 11 is 8.69. The van der Waals surface area contributed by atoms with Crippen molar-refractivity contribution in [3.8, 4) is 0 Å². The minimum Gasteiger partial charge on any atom is -0.327 e. The van der Waals surface area contributed by atoms with Crippen LogP contribution in [0.2, 0.25) is 5.02 Å². The van der Waals surface area contributed by atoms with Crippen LogP contribution in [0.4, 0.5) is 4.39 Å². The number of rotatable bonds is 2. The molecule has 1 rings (SSSR count). The summed E-state index contributed by atoms with van der Waals surface area (Å²) in [6.45, 7) is 0.451. The van der Waals surface area contributed by atoms with Gasteiger partial charge in [0.25, 0.3) is 0 Å². The van der Waals surface area contributed by atoms with E-state index in [0.717, 1.165) is 5.56 Å². The number of hydrogen-bond donors (Lipinski definition) is 1. The van der Waals surface area contributed by atoms with Gasteiger partial charge in [0.2, 0.25) is 0 Å². The summed E-state index contributed by atoms with van der Waals surface area (Å²) < 4.78 is 13.4. The van der Waals surface area contributed by atoms with E-state index in [1.807, 2.05) is 0 Å². The van der Waals surface area contributed by atoms with Gasteiger partial charge in [0, 0.05) is 6.54 Å². The van der Waals surface area contributed by atoms with Crippen LogP contribution in [0.25, 0.3) is 6.08 Å². The zero-order chi connectivity index (χ0) is 9.84. The normalized spacial score (nSPS) is 11.1. The van der Waals surface area contributed by atoms with Crippen molar-refractivity contribution in [3.05, 3.63) is 39.1 Å². The fourth-order valence-electron chi connectivity index (χ4n) is 0.875. The first kappa shape index (κ1) is 10.7. The fraction of sp³-hybridized carbons (Fsp3) is 0.111. The number of benzene rings is 1. The highest BCUT2D eigenvalue weighted by molar-refractivity contribution is 9.10. The first-order valence-electron chi connectivity index (χ1n) is 3.66. The van der Waals surface area contributed by atoms with E-state index in [-0.39, 0.29) is 5.02 Å². The molecule has 0 fully saturated rings. The molecule has 4 heteroatoms. The molecule has 0 aliphatic rings. The largest absolute Gasteiger partial charge is 0.327 e. The van der Waals surface area contributed by atoms with Crippen molar-refractivity contribution in [2.24, 2.45) is 5.73 Å². The number of hydrogen-bond acceptors (Lipinski definition) is 1. The quantitative estimate of drug-likeness (QED) is 0.816. The Labute approximate surface area is 89.5 Å². The van der Waals surface area contributed by atoms with Crippen LogP contribution < -0.4 is 5.73 Å². The Morgan fingerprint density at radius 2 is 2.23 bits per heavy atom. The Kier molecular flexibility index (Phi) is 3.90. The van der Waals surface area contributed by atoms with Gasteiger partial charge in [-0.2, -0.15) is 0 Å². The maximum atomic E-state index is 13.0. The molecule has 1 aromatic rings. The molecule has 0 aliphatic carbocycles. The average Bonchev–Trinajstić information content (AvgIpc) is 2.10. The summed E-state index contributed by atoms with van der Waals surface area (Å²) in [5.41, 5.74) is 6.10. The Morgan fingerprint density at radius 3 is 2.77 bits per heavy atom. The highest BCUT2D eigenvalue weighted by atomic mass is 79.9. The molecule has 0 bridgehead atoms. The van der Waals surface area contributed by atoms with Crippen molar-refractivity contribution in [3.63, 3.8) is 0 Å². The second-order valence-electron chi connectivity index (χ2n) is 2.44. The molecule has 0 aliphatic heterocycles. The predicted molar refractivity (Wildman–Crippen MR) is 57.2 cm³/mol. The molecule has 0 unspecified atom stereocenters. The van der Waals surface area contributed by atoms with Crippen molar-refractivity contribution in [2.45, 2.75) is 0 Å². The molecular weight excluding hydrogens is 256 g/mol. The molecular formula is C9H8BrClFN. The summed E-state index contributed by atoms with van der Waals surface area (Å²) in [5.74, 6) is -0.438. The van der Waals surface area contributed by atoms with E-state index in [0.29, 0.717) is 11.0 Å². The van der Waals surface area contributed by atoms with E-state index in [9.17, 15) is 4.39 Å². The van der Waals surface area contributed by atoms with Gasteiger partial charge in [0.15, 0.2) is 5.82 Å². The smallest absolute Gasteiger partial charge is 0.155 e. The third-order valence-corrected chi connectivity index (χ3v) is 2.30. The van der Waals surface area contributed by atoms with E-state index in [2.05, 4.69) is 15.9 Å². The van der Waals surface area contributed by atoms with Crippen LogP contribution in [-0.2, 0) is 0 Å². The second-order valence-corrected chi connectivity index (χ2v) is 3.70. The lowest BCUT2D eigenvalue weighted by Crippen LogP contribution is -1.92. The minimum absolute atomic E-state index is 0.103. The zero-order valence-corrected chi connectivity index (χ0v) is 9.07. The topological polar surface area (TPSA) is 26.0 Å². The third-order valence-electron chi connectivity index (χ3n) is 1.45. The molecule has 0 saturated heterocycles. The SMILES string of the molecule is NC/C=C/c1cc(Cl)c(F)c(Br)c1. The van der Waals surface area contributed by atoms with Gasteiger partial charge >= 0.3 is 0 Å². The van der Waals surface area contributed by atoms with Crippen molar-refractivity contribution >= 4 is 33.6 Å². The van der Waals surface area contributed by atoms with Gasteiger partial charge in [-0.05, 0) is 33.6 Å². The van der Waals surface area contributed by atoms with Gasteiger partial charge in [-0.1, -0.05) is 23.8 Å². The molecule has 70 valence electrons. The lowest BCUT2D eigenvalue weighted by Gasteiger charge is -1.99. The van der Waals surface area contributed by atoms with Crippen molar-refractivity contribution in [1.82, 2.24) is 0 Å². The van der Waals surface area contributed by atoms with Crippen LogP contribution in [0.3, 0.4) is 0 Å². The van der Waals surface area contributed by atoms with E-state index in [1.54, 1.807) is 24.3 Å². The Bertz CT molecular complexity index is 315. The van der Waals surface area contributed by atoms with Gasteiger partial charge in [0.1, 0.15) is 0 Å². The lowest BCUT2D eigenvalue weighted by atomic mass is 10.2. The lowest BCUT2D eigenvalue weighted by molar-refractivity contribution is 0.621. The van der Waals surface area contributed by atoms with Gasteiger partial charge in [-0.25, -0.2) is 4.39 Å². The highest BCUT2D eigenvalue weighted by Gasteiger charge is 2.04. The van der Waals surface area contributed by atoms with Gasteiger partial charge < -0.3 is 5.73 Å². The van der Waals surface area contributed by atoms with Crippen molar-refractivity contribution in [1.29, 1.82) is 0 Å². The fourth-order valence-corrected chi connectivity index (χ4v) is 1.70. The molecule has 0 amide bonds. The Hall–Kier alpha value is -0.380. The van der Waals surface area contributed by atoms with Crippen LogP contribution in [0, 0.1) is 5.82 Å². The van der Waals surface area contributed by atoms with E-state index in [1.165, 1.54) is 0 Å². The molecule has 13 heavy (non-hydrogen) atoms. The summed E-state index contributed by atoms with van der Waals surface area (Å²) in [4.78, 5) is 0. The first-order valence-corrected chi connectivity index (χ1v) is 4.83. The Morgan fingerprint density at radius 1 is 1.54 bits per heavy atom. The molecule has 0 spiro atoms. The monoisotopic (exact) mass is 263 g/mol. The first-order chi connectivity index (χ1) is 6.15. The minimum atomic E-state index is -0.438. The Balaban J connectivity index is 3.06. The maximum absolute atomic E-state index is 13.0. The summed E-state index contributed by atoms with van der Waals surface area (Å²) in [5, 5.41) is 0.103. The molecule has 0 atom stereocenters. The van der Waals surface area contributed by atoms with Crippen LogP contribution >= 0.6 is 27.5 Å². The number of halogens is 3. The standard InChI is InChI=1S/C9H8BrClFN/c10-7-4-6(2-1-3-13)5-8(11)9(7)12/h1-2,4-5H,3,13H2/b2-1+. The molecule has 1 nitrogen and oxygen atoms in total. The second kappa shape index (κ2) is 4.74. The zero-order valence-electron chi connectivity index (χ0n) is 6.73. The van der Waals surface area contributed by atoms with E-state index >= 15 is 0 Å². The third kappa shape index (κ3) is 2.79. The van der Waals surface area contributed by atoms with Gasteiger partial charge in [-0.15, -0.1) is 0 Å². The van der Waals surface area contributed by atoms with E-state index < -0.39 is 5.82 Å². The number of nitrogens with two attached hydrogens (primary N) is 1. The average molecular weight is 265 g/mol. The molecule has 0 radical (unpaired) electrons. The molecule has 0 saturated carbocycles.